The Morgan fingerprint density at radius 2 is 1.60 bits per heavy atom. The summed E-state index contributed by atoms with van der Waals surface area (Å²) in [6.45, 7) is 3.85. The highest BCUT2D eigenvalue weighted by Gasteiger charge is 2.62. The number of halogens is 4. The van der Waals surface area contributed by atoms with Crippen molar-refractivity contribution in [2.45, 2.75) is 36.7 Å². The van der Waals surface area contributed by atoms with Gasteiger partial charge in [-0.15, -0.1) is 0 Å². The summed E-state index contributed by atoms with van der Waals surface area (Å²) in [5.74, 6) is -1.45. The van der Waals surface area contributed by atoms with Crippen LogP contribution in [0.5, 0.6) is 0 Å². The second kappa shape index (κ2) is 11.6. The topological polar surface area (TPSA) is 85.4 Å². The molecule has 0 spiro atoms. The number of nitrogens with one attached hydrogen (secondary N) is 1. The van der Waals surface area contributed by atoms with Gasteiger partial charge in [0.2, 0.25) is 0 Å². The van der Waals surface area contributed by atoms with Crippen LogP contribution in [0.1, 0.15) is 28.8 Å². The molecule has 3 heterocycles. The first-order chi connectivity index (χ1) is 19.1. The Morgan fingerprint density at radius 3 is 2.20 bits per heavy atom. The lowest BCUT2D eigenvalue weighted by atomic mass is 9.89. The van der Waals surface area contributed by atoms with E-state index in [2.05, 4.69) is 10.2 Å². The number of aliphatic hydroxyl groups is 1. The first-order valence-electron chi connectivity index (χ1n) is 13.4. The van der Waals surface area contributed by atoms with Gasteiger partial charge in [0, 0.05) is 56.6 Å². The number of carbonyl (C=O) groups is 2. The maximum Gasteiger partial charge on any atom is 0.430 e. The number of ether oxygens (including phenoxy) is 1. The highest BCUT2D eigenvalue weighted by Crippen LogP contribution is 2.41. The molecule has 0 aromatic heterocycles. The zero-order valence-corrected chi connectivity index (χ0v) is 22.6. The quantitative estimate of drug-likeness (QED) is 0.545. The van der Waals surface area contributed by atoms with Gasteiger partial charge in [0.1, 0.15) is 0 Å². The number of nitrogens with zero attached hydrogens (tertiary/aromatic N) is 3. The number of amides is 2. The third-order valence-electron chi connectivity index (χ3n) is 7.96. The van der Waals surface area contributed by atoms with Gasteiger partial charge in [-0.3, -0.25) is 14.5 Å². The average molecular weight is 581 g/mol. The Morgan fingerprint density at radius 1 is 0.950 bits per heavy atom. The molecule has 5 rings (SSSR count). The molecule has 12 heteroatoms. The summed E-state index contributed by atoms with van der Waals surface area (Å²) in [7, 11) is 0. The molecule has 0 aliphatic carbocycles. The highest BCUT2D eigenvalue weighted by molar-refractivity contribution is 6.34. The van der Waals surface area contributed by atoms with Gasteiger partial charge < -0.3 is 25.0 Å². The van der Waals surface area contributed by atoms with Crippen molar-refractivity contribution in [3.05, 3.63) is 64.7 Å². The standard InChI is InChI=1S/C28H32ClF3N4O4/c29-24-16-20(6-7-23(24)25(37)34-12-14-40-15-13-34)33-21-17-36(18-21)22-8-10-35(11-9-22)26(38)27(39,28(30,31)32)19-4-2-1-3-5-19/h1-7,16,21-22,33,39H,8-15,17-18H2. The van der Waals surface area contributed by atoms with Crippen molar-refractivity contribution in [2.75, 3.05) is 57.8 Å². The Kier molecular flexibility index (Phi) is 8.28. The molecule has 3 aliphatic rings. The molecule has 3 aliphatic heterocycles. The van der Waals surface area contributed by atoms with Gasteiger partial charge in [-0.2, -0.15) is 13.2 Å². The molecule has 40 heavy (non-hydrogen) atoms. The van der Waals surface area contributed by atoms with Crippen molar-refractivity contribution in [3.8, 4) is 0 Å². The minimum atomic E-state index is -5.14. The number of benzene rings is 2. The molecule has 2 aromatic rings. The van der Waals surface area contributed by atoms with Crippen LogP contribution < -0.4 is 5.32 Å². The summed E-state index contributed by atoms with van der Waals surface area (Å²) >= 11 is 6.43. The van der Waals surface area contributed by atoms with E-state index in [4.69, 9.17) is 16.3 Å². The number of hydrogen-bond donors (Lipinski definition) is 2. The van der Waals surface area contributed by atoms with E-state index in [1.54, 1.807) is 17.0 Å². The van der Waals surface area contributed by atoms with Crippen LogP contribution in [-0.2, 0) is 15.1 Å². The van der Waals surface area contributed by atoms with E-state index >= 15 is 0 Å². The normalized spacial score (nSPS) is 21.0. The van der Waals surface area contributed by atoms with Crippen molar-refractivity contribution < 1.29 is 32.6 Å². The van der Waals surface area contributed by atoms with Gasteiger partial charge in [0.15, 0.2) is 0 Å². The molecule has 0 bridgehead atoms. The summed E-state index contributed by atoms with van der Waals surface area (Å²) in [6, 6.07) is 12.1. The SMILES string of the molecule is O=C(c1ccc(NC2CN(C3CCN(C(=O)C(O)(c4ccccc4)C(F)(F)F)CC3)C2)cc1Cl)N1CCOCC1. The number of hydrogen-bond acceptors (Lipinski definition) is 6. The van der Waals surface area contributed by atoms with Gasteiger partial charge in [-0.1, -0.05) is 41.9 Å². The fourth-order valence-corrected chi connectivity index (χ4v) is 5.86. The molecule has 2 amide bonds. The van der Waals surface area contributed by atoms with Gasteiger partial charge in [0.25, 0.3) is 17.4 Å². The Balaban J connectivity index is 1.12. The predicted molar refractivity (Wildman–Crippen MR) is 143 cm³/mol. The monoisotopic (exact) mass is 580 g/mol. The molecular formula is C28H32ClF3N4O4. The maximum atomic E-state index is 13.9. The van der Waals surface area contributed by atoms with E-state index in [9.17, 15) is 27.9 Å². The van der Waals surface area contributed by atoms with Crippen LogP contribution in [-0.4, -0.2) is 102 Å². The van der Waals surface area contributed by atoms with Crippen molar-refractivity contribution >= 4 is 29.1 Å². The van der Waals surface area contributed by atoms with Gasteiger partial charge in [-0.25, -0.2) is 0 Å². The molecular weight excluding hydrogens is 549 g/mol. The molecule has 0 radical (unpaired) electrons. The van der Waals surface area contributed by atoms with E-state index in [1.165, 1.54) is 18.2 Å². The van der Waals surface area contributed by atoms with Gasteiger partial charge >= 0.3 is 6.18 Å². The van der Waals surface area contributed by atoms with E-state index < -0.39 is 23.2 Å². The second-order valence-corrected chi connectivity index (χ2v) is 10.9. The number of piperidine rings is 1. The lowest BCUT2D eigenvalue weighted by Crippen LogP contribution is -2.62. The van der Waals surface area contributed by atoms with Crippen LogP contribution in [0.3, 0.4) is 0 Å². The van der Waals surface area contributed by atoms with Crippen LogP contribution in [0.25, 0.3) is 0 Å². The molecule has 3 fully saturated rings. The largest absolute Gasteiger partial charge is 0.430 e. The van der Waals surface area contributed by atoms with E-state index in [1.807, 2.05) is 6.07 Å². The Labute approximate surface area is 235 Å². The number of likely N-dealkylation sites (tertiary alicyclic amines) is 2. The lowest BCUT2D eigenvalue weighted by Gasteiger charge is -2.48. The van der Waals surface area contributed by atoms with Crippen LogP contribution in [0.2, 0.25) is 5.02 Å². The maximum absolute atomic E-state index is 13.9. The second-order valence-electron chi connectivity index (χ2n) is 10.5. The average Bonchev–Trinajstić information content (AvgIpc) is 2.94. The van der Waals surface area contributed by atoms with Crippen molar-refractivity contribution in [1.29, 1.82) is 0 Å². The third kappa shape index (κ3) is 5.65. The summed E-state index contributed by atoms with van der Waals surface area (Å²) in [4.78, 5) is 30.8. The minimum absolute atomic E-state index is 0.114. The molecule has 0 saturated carbocycles. The molecule has 3 saturated heterocycles. The van der Waals surface area contributed by atoms with E-state index in [0.29, 0.717) is 49.7 Å². The summed E-state index contributed by atoms with van der Waals surface area (Å²) < 4.78 is 47.0. The number of carbonyl (C=O) groups excluding carboxylic acids is 2. The first kappa shape index (κ1) is 28.7. The van der Waals surface area contributed by atoms with Crippen molar-refractivity contribution in [1.82, 2.24) is 14.7 Å². The number of alkyl halides is 3. The van der Waals surface area contributed by atoms with Crippen molar-refractivity contribution in [2.24, 2.45) is 0 Å². The number of anilines is 1. The van der Waals surface area contributed by atoms with Crippen LogP contribution in [0.15, 0.2) is 48.5 Å². The molecule has 1 atom stereocenters. The Bertz CT molecular complexity index is 1210. The summed E-state index contributed by atoms with van der Waals surface area (Å²) in [6.07, 6.45) is -4.10. The zero-order valence-electron chi connectivity index (χ0n) is 21.9. The first-order valence-corrected chi connectivity index (χ1v) is 13.8. The van der Waals surface area contributed by atoms with Gasteiger partial charge in [-0.05, 0) is 31.0 Å². The molecule has 2 N–H and O–H groups in total. The fourth-order valence-electron chi connectivity index (χ4n) is 5.60. The van der Waals surface area contributed by atoms with Crippen LogP contribution in [0.4, 0.5) is 18.9 Å². The summed E-state index contributed by atoms with van der Waals surface area (Å²) in [5, 5.41) is 14.4. The fraction of sp³-hybridized carbons (Fsp3) is 0.500. The lowest BCUT2D eigenvalue weighted by molar-refractivity contribution is -0.262. The van der Waals surface area contributed by atoms with Gasteiger partial charge in [0.05, 0.1) is 29.8 Å². The summed E-state index contributed by atoms with van der Waals surface area (Å²) in [5.41, 5.74) is -2.79. The molecule has 2 aromatic carbocycles. The van der Waals surface area contributed by atoms with Crippen LogP contribution >= 0.6 is 11.6 Å². The molecule has 1 unspecified atom stereocenters. The number of morpholine rings is 1. The predicted octanol–water partition coefficient (Wildman–Crippen LogP) is 3.35. The molecule has 8 nitrogen and oxygen atoms in total. The van der Waals surface area contributed by atoms with Crippen LogP contribution in [0, 0.1) is 0 Å². The zero-order chi connectivity index (χ0) is 28.5. The number of rotatable bonds is 6. The smallest absolute Gasteiger partial charge is 0.380 e. The highest BCUT2D eigenvalue weighted by atomic mass is 35.5. The third-order valence-corrected chi connectivity index (χ3v) is 8.27. The van der Waals surface area contributed by atoms with E-state index in [0.717, 1.165) is 35.8 Å². The Hall–Kier alpha value is -2.86. The minimum Gasteiger partial charge on any atom is -0.380 e. The van der Waals surface area contributed by atoms with E-state index in [-0.39, 0.29) is 31.1 Å². The molecule has 216 valence electrons. The van der Waals surface area contributed by atoms with Crippen molar-refractivity contribution in [3.63, 3.8) is 0 Å².